The van der Waals surface area contributed by atoms with Crippen molar-refractivity contribution in [1.82, 2.24) is 16.0 Å². The second-order valence-corrected chi connectivity index (χ2v) is 4.11. The van der Waals surface area contributed by atoms with Gasteiger partial charge in [0.05, 0.1) is 4.88 Å². The average Bonchev–Trinajstić information content (AvgIpc) is 2.85. The normalized spacial score (nSPS) is 9.41. The maximum atomic E-state index is 11.5. The maximum absolute atomic E-state index is 11.5. The van der Waals surface area contributed by atoms with Crippen LogP contribution in [0.2, 0.25) is 0 Å². The molecule has 1 aromatic rings. The van der Waals surface area contributed by atoms with Crippen molar-refractivity contribution >= 4 is 23.3 Å². The van der Waals surface area contributed by atoms with Crippen LogP contribution in [0.3, 0.4) is 0 Å². The number of urea groups is 1. The van der Waals surface area contributed by atoms with Crippen molar-refractivity contribution in [2.24, 2.45) is 0 Å². The van der Waals surface area contributed by atoms with E-state index >= 15 is 0 Å². The zero-order valence-electron chi connectivity index (χ0n) is 9.36. The molecule has 0 fully saturated rings. The monoisotopic (exact) mass is 253 g/mol. The van der Waals surface area contributed by atoms with Crippen molar-refractivity contribution in [1.29, 1.82) is 0 Å². The van der Waals surface area contributed by atoms with Crippen LogP contribution in [0.4, 0.5) is 4.79 Å². The molecule has 1 aromatic heterocycles. The highest BCUT2D eigenvalue weighted by Crippen LogP contribution is 2.07. The minimum atomic E-state index is -0.268. The van der Waals surface area contributed by atoms with Gasteiger partial charge in [0.2, 0.25) is 0 Å². The minimum Gasteiger partial charge on any atom is -0.350 e. The first-order valence-corrected chi connectivity index (χ1v) is 6.06. The molecule has 0 aliphatic heterocycles. The standard InChI is InChI=1S/C11H15N3O2S/c1-2-5-13-11(16)14-7-6-12-10(15)9-4-3-8-17-9/h2-4,8H,1,5-7H2,(H,12,15)(H2,13,14,16). The van der Waals surface area contributed by atoms with E-state index in [1.54, 1.807) is 12.1 Å². The van der Waals surface area contributed by atoms with E-state index < -0.39 is 0 Å². The molecule has 0 atom stereocenters. The predicted molar refractivity (Wildman–Crippen MR) is 68.3 cm³/mol. The second kappa shape index (κ2) is 7.45. The molecule has 0 bridgehead atoms. The van der Waals surface area contributed by atoms with E-state index in [1.165, 1.54) is 11.3 Å². The van der Waals surface area contributed by atoms with Gasteiger partial charge >= 0.3 is 6.03 Å². The summed E-state index contributed by atoms with van der Waals surface area (Å²) in [5.74, 6) is -0.117. The van der Waals surface area contributed by atoms with Crippen LogP contribution in [0.25, 0.3) is 0 Å². The summed E-state index contributed by atoms with van der Waals surface area (Å²) in [6, 6.07) is 3.31. The van der Waals surface area contributed by atoms with Crippen LogP contribution in [0.1, 0.15) is 9.67 Å². The number of carbonyl (C=O) groups is 2. The Balaban J connectivity index is 2.10. The van der Waals surface area contributed by atoms with Crippen molar-refractivity contribution in [2.45, 2.75) is 0 Å². The molecule has 0 aromatic carbocycles. The van der Waals surface area contributed by atoms with Gasteiger partial charge in [0.25, 0.3) is 5.91 Å². The van der Waals surface area contributed by atoms with Gasteiger partial charge in [0.15, 0.2) is 0 Å². The zero-order chi connectivity index (χ0) is 12.5. The highest BCUT2D eigenvalue weighted by Gasteiger charge is 2.04. The van der Waals surface area contributed by atoms with E-state index in [0.717, 1.165) is 0 Å². The Kier molecular flexibility index (Phi) is 5.81. The van der Waals surface area contributed by atoms with Crippen LogP contribution in [0.15, 0.2) is 30.2 Å². The lowest BCUT2D eigenvalue weighted by Gasteiger charge is -2.06. The van der Waals surface area contributed by atoms with E-state index in [2.05, 4.69) is 22.5 Å². The Bertz CT molecular complexity index is 376. The molecule has 0 aliphatic carbocycles. The third-order valence-electron chi connectivity index (χ3n) is 1.85. The molecule has 3 N–H and O–H groups in total. The molecule has 1 heterocycles. The molecule has 5 nitrogen and oxygen atoms in total. The summed E-state index contributed by atoms with van der Waals surface area (Å²) in [5, 5.41) is 9.73. The molecule has 92 valence electrons. The number of carbonyl (C=O) groups excluding carboxylic acids is 2. The summed E-state index contributed by atoms with van der Waals surface area (Å²) in [4.78, 5) is 23.2. The molecule has 0 aliphatic rings. The third-order valence-corrected chi connectivity index (χ3v) is 2.72. The minimum absolute atomic E-state index is 0.117. The quantitative estimate of drug-likeness (QED) is 0.522. The maximum Gasteiger partial charge on any atom is 0.315 e. The van der Waals surface area contributed by atoms with Crippen LogP contribution >= 0.6 is 11.3 Å². The Labute approximate surface area is 104 Å². The fourth-order valence-electron chi connectivity index (χ4n) is 1.07. The highest BCUT2D eigenvalue weighted by atomic mass is 32.1. The van der Waals surface area contributed by atoms with Gasteiger partial charge in [-0.05, 0) is 11.4 Å². The summed E-state index contributed by atoms with van der Waals surface area (Å²) in [6.45, 7) is 4.70. The molecule has 0 unspecified atom stereocenters. The third kappa shape index (κ3) is 5.17. The van der Waals surface area contributed by atoms with Crippen molar-refractivity contribution in [3.8, 4) is 0 Å². The first-order valence-electron chi connectivity index (χ1n) is 5.18. The lowest BCUT2D eigenvalue weighted by molar-refractivity contribution is 0.0958. The number of rotatable bonds is 6. The van der Waals surface area contributed by atoms with Gasteiger partial charge < -0.3 is 16.0 Å². The Hall–Kier alpha value is -1.82. The van der Waals surface area contributed by atoms with Crippen molar-refractivity contribution in [3.63, 3.8) is 0 Å². The number of hydrogen-bond donors (Lipinski definition) is 3. The Morgan fingerprint density at radius 1 is 1.29 bits per heavy atom. The molecule has 0 saturated carbocycles. The van der Waals surface area contributed by atoms with Gasteiger partial charge in [-0.25, -0.2) is 4.79 Å². The van der Waals surface area contributed by atoms with Gasteiger partial charge in [-0.2, -0.15) is 0 Å². The van der Waals surface area contributed by atoms with Crippen molar-refractivity contribution < 1.29 is 9.59 Å². The summed E-state index contributed by atoms with van der Waals surface area (Å²) in [7, 11) is 0. The molecule has 0 spiro atoms. The van der Waals surface area contributed by atoms with Crippen LogP contribution in [0.5, 0.6) is 0 Å². The number of thiophene rings is 1. The van der Waals surface area contributed by atoms with E-state index in [1.807, 2.05) is 11.4 Å². The lowest BCUT2D eigenvalue weighted by Crippen LogP contribution is -2.40. The smallest absolute Gasteiger partial charge is 0.315 e. The molecular formula is C11H15N3O2S. The van der Waals surface area contributed by atoms with Crippen LogP contribution in [-0.4, -0.2) is 31.6 Å². The summed E-state index contributed by atoms with van der Waals surface area (Å²) in [5.41, 5.74) is 0. The molecule has 1 rings (SSSR count). The summed E-state index contributed by atoms with van der Waals surface area (Å²) in [6.07, 6.45) is 1.60. The molecule has 3 amide bonds. The number of nitrogens with one attached hydrogen (secondary N) is 3. The fraction of sp³-hybridized carbons (Fsp3) is 0.273. The summed E-state index contributed by atoms with van der Waals surface area (Å²) < 4.78 is 0. The predicted octanol–water partition coefficient (Wildman–Crippen LogP) is 0.963. The molecule has 0 radical (unpaired) electrons. The molecule has 17 heavy (non-hydrogen) atoms. The van der Waals surface area contributed by atoms with E-state index in [9.17, 15) is 9.59 Å². The second-order valence-electron chi connectivity index (χ2n) is 3.16. The Morgan fingerprint density at radius 3 is 2.71 bits per heavy atom. The SMILES string of the molecule is C=CCNC(=O)NCCNC(=O)c1cccs1. The fourth-order valence-corrected chi connectivity index (χ4v) is 1.71. The van der Waals surface area contributed by atoms with E-state index in [0.29, 0.717) is 24.5 Å². The van der Waals surface area contributed by atoms with Gasteiger partial charge in [-0.1, -0.05) is 12.1 Å². The zero-order valence-corrected chi connectivity index (χ0v) is 10.2. The van der Waals surface area contributed by atoms with Gasteiger partial charge in [0.1, 0.15) is 0 Å². The first-order chi connectivity index (χ1) is 8.24. The van der Waals surface area contributed by atoms with Gasteiger partial charge in [0, 0.05) is 19.6 Å². The Morgan fingerprint density at radius 2 is 2.06 bits per heavy atom. The summed E-state index contributed by atoms with van der Waals surface area (Å²) >= 11 is 1.38. The van der Waals surface area contributed by atoms with Crippen LogP contribution in [0, 0.1) is 0 Å². The average molecular weight is 253 g/mol. The number of hydrogen-bond acceptors (Lipinski definition) is 3. The highest BCUT2D eigenvalue weighted by molar-refractivity contribution is 7.12. The number of amides is 3. The topological polar surface area (TPSA) is 70.2 Å². The van der Waals surface area contributed by atoms with Gasteiger partial charge in [-0.3, -0.25) is 4.79 Å². The largest absolute Gasteiger partial charge is 0.350 e. The molecular weight excluding hydrogens is 238 g/mol. The van der Waals surface area contributed by atoms with Crippen LogP contribution in [-0.2, 0) is 0 Å². The van der Waals surface area contributed by atoms with Gasteiger partial charge in [-0.15, -0.1) is 17.9 Å². The lowest BCUT2D eigenvalue weighted by atomic mass is 10.4. The van der Waals surface area contributed by atoms with Crippen molar-refractivity contribution in [2.75, 3.05) is 19.6 Å². The van der Waals surface area contributed by atoms with E-state index in [-0.39, 0.29) is 11.9 Å². The van der Waals surface area contributed by atoms with Crippen molar-refractivity contribution in [3.05, 3.63) is 35.0 Å². The first kappa shape index (κ1) is 13.2. The molecule has 0 saturated heterocycles. The molecule has 6 heteroatoms. The van der Waals surface area contributed by atoms with Crippen LogP contribution < -0.4 is 16.0 Å². The van der Waals surface area contributed by atoms with E-state index in [4.69, 9.17) is 0 Å².